The van der Waals surface area contributed by atoms with Crippen molar-refractivity contribution in [2.75, 3.05) is 31.9 Å². The Bertz CT molecular complexity index is 2370. The summed E-state index contributed by atoms with van der Waals surface area (Å²) >= 11 is 1.09. The summed E-state index contributed by atoms with van der Waals surface area (Å²) in [5, 5.41) is 20.9. The smallest absolute Gasteiger partial charge is 0.433 e. The molecule has 2 amide bonds. The lowest BCUT2D eigenvalue weighted by atomic mass is 9.79. The number of benzene rings is 2. The van der Waals surface area contributed by atoms with Crippen LogP contribution in [0.15, 0.2) is 84.0 Å². The zero-order valence-corrected chi connectivity index (χ0v) is 31.5. The molecule has 3 N–H and O–H groups in total. The first-order valence-corrected chi connectivity index (χ1v) is 18.9. The van der Waals surface area contributed by atoms with Crippen molar-refractivity contribution in [1.82, 2.24) is 29.3 Å². The summed E-state index contributed by atoms with van der Waals surface area (Å²) in [5.74, 6) is -0.900. The van der Waals surface area contributed by atoms with Gasteiger partial charge in [-0.25, -0.2) is 9.97 Å². The Labute approximate surface area is 328 Å². The monoisotopic (exact) mass is 798 g/mol. The van der Waals surface area contributed by atoms with Crippen LogP contribution < -0.4 is 16.0 Å². The second-order valence-corrected chi connectivity index (χ2v) is 15.2. The minimum absolute atomic E-state index is 0.0866. The largest absolute Gasteiger partial charge is 0.437 e. The molecule has 294 valence electrons. The van der Waals surface area contributed by atoms with E-state index in [0.29, 0.717) is 45.4 Å². The fraction of sp³-hybridized carbons (Fsp3) is 0.325. The molecular formula is C40H37F3N8O5S. The maximum absolute atomic E-state index is 14.2. The Balaban J connectivity index is 1.01. The predicted molar refractivity (Wildman–Crippen MR) is 203 cm³/mol. The molecule has 0 radical (unpaired) electrons. The molecule has 0 aliphatic carbocycles. The number of piperidine rings is 2. The average Bonchev–Trinajstić information content (AvgIpc) is 3.61. The zero-order chi connectivity index (χ0) is 40.5. The second-order valence-electron chi connectivity index (χ2n) is 14.2. The van der Waals surface area contributed by atoms with Crippen molar-refractivity contribution in [3.05, 3.63) is 117 Å². The van der Waals surface area contributed by atoms with Gasteiger partial charge in [0.1, 0.15) is 27.7 Å². The fourth-order valence-electron chi connectivity index (χ4n) is 7.27. The van der Waals surface area contributed by atoms with Gasteiger partial charge in [0, 0.05) is 49.8 Å². The molecule has 17 heteroatoms. The molecule has 0 spiro atoms. The molecule has 3 aromatic heterocycles. The molecule has 0 bridgehead atoms. The van der Waals surface area contributed by atoms with Gasteiger partial charge in [0.15, 0.2) is 5.69 Å². The fourth-order valence-corrected chi connectivity index (χ4v) is 8.29. The van der Waals surface area contributed by atoms with Crippen molar-refractivity contribution in [2.24, 2.45) is 5.92 Å². The number of aromatic nitrogens is 4. The normalized spacial score (nSPS) is 18.2. The summed E-state index contributed by atoms with van der Waals surface area (Å²) in [4.78, 5) is 57.3. The Morgan fingerprint density at radius 2 is 1.75 bits per heavy atom. The maximum Gasteiger partial charge on any atom is 0.433 e. The van der Waals surface area contributed by atoms with Gasteiger partial charge < -0.3 is 25.4 Å². The summed E-state index contributed by atoms with van der Waals surface area (Å²) in [5.41, 5.74) is 5.07. The number of amides is 2. The molecule has 2 fully saturated rings. The number of nitrogens with two attached hydrogens (primary N) is 1. The summed E-state index contributed by atoms with van der Waals surface area (Å²) < 4.78 is 46.1. The molecule has 0 saturated carbocycles. The van der Waals surface area contributed by atoms with Gasteiger partial charge in [0.05, 0.1) is 29.5 Å². The van der Waals surface area contributed by atoms with E-state index in [-0.39, 0.29) is 68.3 Å². The summed E-state index contributed by atoms with van der Waals surface area (Å²) in [6.45, 7) is 2.63. The number of likely N-dealkylation sites (tertiary alicyclic amines) is 2. The van der Waals surface area contributed by atoms with E-state index in [4.69, 9.17) is 15.7 Å². The van der Waals surface area contributed by atoms with Gasteiger partial charge in [-0.05, 0) is 68.1 Å². The zero-order valence-electron chi connectivity index (χ0n) is 30.6. The maximum atomic E-state index is 14.2. The average molecular weight is 799 g/mol. The molecule has 57 heavy (non-hydrogen) atoms. The summed E-state index contributed by atoms with van der Waals surface area (Å²) in [6, 6.07) is 19.9. The molecule has 2 aromatic carbocycles. The lowest BCUT2D eigenvalue weighted by Crippen LogP contribution is -2.53. The van der Waals surface area contributed by atoms with Crippen LogP contribution in [0.25, 0.3) is 10.6 Å². The van der Waals surface area contributed by atoms with Gasteiger partial charge >= 0.3 is 6.18 Å². The molecule has 5 heterocycles. The van der Waals surface area contributed by atoms with Gasteiger partial charge in [-0.15, -0.1) is 11.3 Å². The summed E-state index contributed by atoms with van der Waals surface area (Å²) in [7, 11) is 0. The highest BCUT2D eigenvalue weighted by atomic mass is 32.1. The lowest BCUT2D eigenvalue weighted by Gasteiger charge is -2.43. The molecular weight excluding hydrogens is 762 g/mol. The van der Waals surface area contributed by atoms with Crippen LogP contribution in [0.5, 0.6) is 11.6 Å². The van der Waals surface area contributed by atoms with E-state index in [0.717, 1.165) is 29.2 Å². The van der Waals surface area contributed by atoms with Crippen LogP contribution in [0.4, 0.5) is 18.9 Å². The highest BCUT2D eigenvalue weighted by molar-refractivity contribution is 7.17. The second kappa shape index (κ2) is 15.8. The van der Waals surface area contributed by atoms with Crippen LogP contribution in [0.1, 0.15) is 57.4 Å². The van der Waals surface area contributed by atoms with Crippen LogP contribution in [0.2, 0.25) is 0 Å². The first-order chi connectivity index (χ1) is 27.2. The van der Waals surface area contributed by atoms with E-state index in [1.807, 2.05) is 36.4 Å². The molecule has 2 saturated heterocycles. The van der Waals surface area contributed by atoms with Crippen LogP contribution in [-0.4, -0.2) is 78.0 Å². The van der Waals surface area contributed by atoms with Crippen LogP contribution in [-0.2, 0) is 17.5 Å². The number of hydrogen-bond donors (Lipinski definition) is 2. The number of halogens is 3. The first kappa shape index (κ1) is 39.1. The molecule has 7 rings (SSSR count). The van der Waals surface area contributed by atoms with Crippen molar-refractivity contribution < 1.29 is 32.6 Å². The number of nitrogen functional groups attached to an aromatic ring is 1. The van der Waals surface area contributed by atoms with E-state index in [2.05, 4.69) is 15.0 Å². The van der Waals surface area contributed by atoms with Gasteiger partial charge in [-0.1, -0.05) is 30.3 Å². The molecule has 2 aliphatic rings. The number of carbonyl (C=O) groups is 2. The number of nitriles is 1. The SMILES string of the molecule is Cc1nc(-c2ccc(C(F)(F)F)nc2)sc1C(=O)N1CC[C@@H](C(=O)N2CCC(O)(Cn3cnc(Oc4ccc(C#N)cc4)c(N)c3=O)CC2)[C@H](c2ccccc2)C1. The standard InChI is InChI=1S/C40H37F3N8O5S/c1-24-33(57-35(48-24)27-9-12-31(46-20-27)40(41,42)43)38(54)50-16-13-29(30(21-50)26-5-3-2-4-6-26)36(52)49-17-14-39(55,15-18-49)22-51-23-47-34(32(45)37(51)53)56-28-10-7-25(19-44)8-11-28/h2-12,20,23,29-30,55H,13-18,21-22,45H2,1H3/t29-,30+/m1/s1. The Hall–Kier alpha value is -6.12. The van der Waals surface area contributed by atoms with Crippen LogP contribution >= 0.6 is 11.3 Å². The van der Waals surface area contributed by atoms with E-state index >= 15 is 0 Å². The minimum atomic E-state index is -4.57. The third-order valence-electron chi connectivity index (χ3n) is 10.4. The van der Waals surface area contributed by atoms with Gasteiger partial charge in [0.25, 0.3) is 11.5 Å². The highest BCUT2D eigenvalue weighted by Crippen LogP contribution is 2.38. The number of hydrogen-bond acceptors (Lipinski definition) is 11. The predicted octanol–water partition coefficient (Wildman–Crippen LogP) is 5.63. The topological polar surface area (TPSA) is 181 Å². The van der Waals surface area contributed by atoms with Crippen LogP contribution in [0.3, 0.4) is 0 Å². The quantitative estimate of drug-likeness (QED) is 0.200. The van der Waals surface area contributed by atoms with E-state index in [1.54, 1.807) is 41.0 Å². The Kier molecular flexibility index (Phi) is 10.8. The van der Waals surface area contributed by atoms with Crippen LogP contribution in [0, 0.1) is 24.2 Å². The number of anilines is 1. The highest BCUT2D eigenvalue weighted by Gasteiger charge is 2.42. The molecule has 5 aromatic rings. The van der Waals surface area contributed by atoms with Crippen molar-refractivity contribution in [2.45, 2.75) is 50.4 Å². The summed E-state index contributed by atoms with van der Waals surface area (Å²) in [6.07, 6.45) is -1.44. The number of thiazole rings is 1. The molecule has 2 atom stereocenters. The Morgan fingerprint density at radius 3 is 2.40 bits per heavy atom. The number of carbonyl (C=O) groups excluding carboxylic acids is 2. The van der Waals surface area contributed by atoms with Crippen molar-refractivity contribution in [3.63, 3.8) is 0 Å². The number of nitrogens with zero attached hydrogens (tertiary/aromatic N) is 7. The first-order valence-electron chi connectivity index (χ1n) is 18.1. The van der Waals surface area contributed by atoms with Gasteiger partial charge in [-0.2, -0.15) is 18.4 Å². The lowest BCUT2D eigenvalue weighted by molar-refractivity contribution is -0.142. The number of alkyl halides is 3. The van der Waals surface area contributed by atoms with Crippen molar-refractivity contribution >= 4 is 28.8 Å². The third-order valence-corrected chi connectivity index (χ3v) is 11.6. The third kappa shape index (κ3) is 8.37. The number of ether oxygens (including phenoxy) is 1. The van der Waals surface area contributed by atoms with E-state index in [1.165, 1.54) is 17.0 Å². The molecule has 0 unspecified atom stereocenters. The number of aliphatic hydroxyl groups is 1. The number of aryl methyl sites for hydroxylation is 1. The van der Waals surface area contributed by atoms with Gasteiger partial charge in [-0.3, -0.25) is 23.9 Å². The van der Waals surface area contributed by atoms with E-state index in [9.17, 15) is 32.7 Å². The number of rotatable bonds is 8. The van der Waals surface area contributed by atoms with Crippen molar-refractivity contribution in [1.29, 1.82) is 5.26 Å². The minimum Gasteiger partial charge on any atom is -0.437 e. The van der Waals surface area contributed by atoms with Crippen molar-refractivity contribution in [3.8, 4) is 28.3 Å². The number of pyridine rings is 1. The van der Waals surface area contributed by atoms with E-state index < -0.39 is 28.9 Å². The van der Waals surface area contributed by atoms with Gasteiger partial charge in [0.2, 0.25) is 11.8 Å². The molecule has 2 aliphatic heterocycles. The Morgan fingerprint density at radius 1 is 1.04 bits per heavy atom. The molecule has 13 nitrogen and oxygen atoms in total.